The minimum Gasteiger partial charge on any atom is -0.508 e. The fourth-order valence-corrected chi connectivity index (χ4v) is 1.18. The van der Waals surface area contributed by atoms with Crippen molar-refractivity contribution in [3.63, 3.8) is 0 Å². The van der Waals surface area contributed by atoms with Crippen LogP contribution in [0.15, 0.2) is 16.6 Å². The molecule has 0 saturated heterocycles. The number of aldehydes is 1. The second-order valence-electron chi connectivity index (χ2n) is 2.30. The summed E-state index contributed by atoms with van der Waals surface area (Å²) < 4.78 is 0.412. The van der Waals surface area contributed by atoms with Crippen molar-refractivity contribution < 1.29 is 15.0 Å². The highest BCUT2D eigenvalue weighted by molar-refractivity contribution is 9.10. The van der Waals surface area contributed by atoms with Crippen LogP contribution < -0.4 is 0 Å². The Bertz CT molecular complexity index is 309. The van der Waals surface area contributed by atoms with Gasteiger partial charge in [-0.2, -0.15) is 0 Å². The molecule has 1 aromatic carbocycles. The summed E-state index contributed by atoms with van der Waals surface area (Å²) in [4.78, 5) is 10.1. The number of phenolic OH excluding ortho intramolecular Hbond substituents is 2. The van der Waals surface area contributed by atoms with Gasteiger partial charge in [0, 0.05) is 12.0 Å². The van der Waals surface area contributed by atoms with E-state index in [1.165, 1.54) is 12.1 Å². The van der Waals surface area contributed by atoms with Crippen molar-refractivity contribution >= 4 is 22.2 Å². The molecule has 0 aromatic heterocycles. The highest BCUT2D eigenvalue weighted by atomic mass is 79.9. The van der Waals surface area contributed by atoms with Crippen molar-refractivity contribution in [3.05, 3.63) is 22.2 Å². The minimum atomic E-state index is 0.00627. The van der Waals surface area contributed by atoms with Crippen molar-refractivity contribution in [2.24, 2.45) is 0 Å². The zero-order valence-electron chi connectivity index (χ0n) is 6.12. The molecule has 64 valence electrons. The first kappa shape index (κ1) is 9.06. The maximum absolute atomic E-state index is 10.1. The van der Waals surface area contributed by atoms with Gasteiger partial charge >= 0.3 is 0 Å². The first-order valence-electron chi connectivity index (χ1n) is 3.29. The fourth-order valence-electron chi connectivity index (χ4n) is 0.848. The summed E-state index contributed by atoms with van der Waals surface area (Å²) in [5.74, 6) is 0.0245. The van der Waals surface area contributed by atoms with Crippen LogP contribution in [0, 0.1) is 0 Å². The van der Waals surface area contributed by atoms with Gasteiger partial charge in [0.15, 0.2) is 0 Å². The van der Waals surface area contributed by atoms with Crippen molar-refractivity contribution in [1.29, 1.82) is 0 Å². The van der Waals surface area contributed by atoms with E-state index in [9.17, 15) is 15.0 Å². The fraction of sp³-hybridized carbons (Fsp3) is 0.125. The van der Waals surface area contributed by atoms with E-state index in [4.69, 9.17) is 0 Å². The van der Waals surface area contributed by atoms with Gasteiger partial charge in [-0.05, 0) is 28.1 Å². The number of halogens is 1. The Balaban J connectivity index is 3.13. The molecule has 0 spiro atoms. The second-order valence-corrected chi connectivity index (χ2v) is 3.16. The third-order valence-electron chi connectivity index (χ3n) is 1.45. The van der Waals surface area contributed by atoms with E-state index in [1.807, 2.05) is 0 Å². The summed E-state index contributed by atoms with van der Waals surface area (Å²) in [6, 6.07) is 2.71. The number of hydrogen-bond donors (Lipinski definition) is 2. The van der Waals surface area contributed by atoms with Crippen LogP contribution in [0.25, 0.3) is 0 Å². The lowest BCUT2D eigenvalue weighted by atomic mass is 10.1. The second kappa shape index (κ2) is 3.58. The van der Waals surface area contributed by atoms with Gasteiger partial charge in [-0.15, -0.1) is 0 Å². The van der Waals surface area contributed by atoms with Gasteiger partial charge in [0.05, 0.1) is 4.47 Å². The normalized spacial score (nSPS) is 9.75. The van der Waals surface area contributed by atoms with E-state index in [1.54, 1.807) is 0 Å². The first-order chi connectivity index (χ1) is 5.65. The summed E-state index contributed by atoms with van der Waals surface area (Å²) in [5, 5.41) is 18.4. The van der Waals surface area contributed by atoms with Crippen LogP contribution in [-0.4, -0.2) is 16.5 Å². The third-order valence-corrected chi connectivity index (χ3v) is 2.09. The minimum absolute atomic E-state index is 0.00627. The summed E-state index contributed by atoms with van der Waals surface area (Å²) in [6.07, 6.45) is 0.773. The number of phenols is 2. The summed E-state index contributed by atoms with van der Waals surface area (Å²) in [5.41, 5.74) is 0.422. The van der Waals surface area contributed by atoms with Crippen LogP contribution >= 0.6 is 15.9 Å². The largest absolute Gasteiger partial charge is 0.508 e. The number of aromatic hydroxyl groups is 2. The van der Waals surface area contributed by atoms with Gasteiger partial charge in [0.25, 0.3) is 0 Å². The molecule has 2 N–H and O–H groups in total. The van der Waals surface area contributed by atoms with Gasteiger partial charge in [0.1, 0.15) is 17.8 Å². The van der Waals surface area contributed by atoms with Crippen LogP contribution in [-0.2, 0) is 11.2 Å². The average Bonchev–Trinajstić information content (AvgIpc) is 2.01. The van der Waals surface area contributed by atoms with Crippen molar-refractivity contribution in [2.45, 2.75) is 6.42 Å². The molecule has 0 aliphatic rings. The summed E-state index contributed by atoms with van der Waals surface area (Å²) in [7, 11) is 0. The lowest BCUT2D eigenvalue weighted by molar-refractivity contribution is -0.107. The molecule has 0 aliphatic heterocycles. The van der Waals surface area contributed by atoms with Crippen LogP contribution in [0.4, 0.5) is 0 Å². The highest BCUT2D eigenvalue weighted by Crippen LogP contribution is 2.31. The smallest absolute Gasteiger partial charge is 0.130 e. The standard InChI is InChI=1S/C8H7BrO3/c9-6-4-7(11)5(1-2-10)3-8(6)12/h2-4,11-12H,1H2. The lowest BCUT2D eigenvalue weighted by Crippen LogP contribution is -1.86. The quantitative estimate of drug-likeness (QED) is 0.600. The Morgan fingerprint density at radius 1 is 1.33 bits per heavy atom. The summed E-state index contributed by atoms with van der Waals surface area (Å²) in [6.45, 7) is 0. The number of carbonyl (C=O) groups excluding carboxylic acids is 1. The zero-order chi connectivity index (χ0) is 9.14. The van der Waals surface area contributed by atoms with Gasteiger partial charge in [-0.25, -0.2) is 0 Å². The number of hydrogen-bond acceptors (Lipinski definition) is 3. The van der Waals surface area contributed by atoms with E-state index in [0.717, 1.165) is 0 Å². The maximum atomic E-state index is 10.1. The molecule has 0 bridgehead atoms. The van der Waals surface area contributed by atoms with Crippen LogP contribution in [0.1, 0.15) is 5.56 Å². The number of rotatable bonds is 2. The Morgan fingerprint density at radius 2 is 2.00 bits per heavy atom. The van der Waals surface area contributed by atoms with Crippen LogP contribution in [0.3, 0.4) is 0 Å². The molecule has 0 amide bonds. The van der Waals surface area contributed by atoms with Gasteiger partial charge in [-0.1, -0.05) is 0 Å². The SMILES string of the molecule is O=CCc1cc(O)c(Br)cc1O. The molecule has 3 nitrogen and oxygen atoms in total. The van der Waals surface area contributed by atoms with E-state index in [-0.39, 0.29) is 17.9 Å². The highest BCUT2D eigenvalue weighted by Gasteiger charge is 2.05. The van der Waals surface area contributed by atoms with Crippen molar-refractivity contribution in [2.75, 3.05) is 0 Å². The van der Waals surface area contributed by atoms with E-state index < -0.39 is 0 Å². The third kappa shape index (κ3) is 1.76. The Kier molecular flexibility index (Phi) is 2.70. The van der Waals surface area contributed by atoms with Crippen molar-refractivity contribution in [1.82, 2.24) is 0 Å². The number of carbonyl (C=O) groups is 1. The Hall–Kier alpha value is -1.03. The van der Waals surface area contributed by atoms with E-state index >= 15 is 0 Å². The molecular weight excluding hydrogens is 224 g/mol. The van der Waals surface area contributed by atoms with Crippen molar-refractivity contribution in [3.8, 4) is 11.5 Å². The molecular formula is C8H7BrO3. The molecule has 1 aromatic rings. The maximum Gasteiger partial charge on any atom is 0.130 e. The van der Waals surface area contributed by atoms with E-state index in [2.05, 4.69) is 15.9 Å². The predicted octanol–water partition coefficient (Wildman–Crippen LogP) is 1.60. The van der Waals surface area contributed by atoms with Gasteiger partial charge in [-0.3, -0.25) is 0 Å². The molecule has 0 saturated carbocycles. The van der Waals surface area contributed by atoms with E-state index in [0.29, 0.717) is 16.3 Å². The first-order valence-corrected chi connectivity index (χ1v) is 4.08. The molecule has 12 heavy (non-hydrogen) atoms. The molecule has 0 fully saturated rings. The van der Waals surface area contributed by atoms with Crippen LogP contribution in [0.5, 0.6) is 11.5 Å². The summed E-state index contributed by atoms with van der Waals surface area (Å²) >= 11 is 3.03. The molecule has 4 heteroatoms. The Labute approximate surface area is 77.8 Å². The molecule has 0 unspecified atom stereocenters. The molecule has 0 aliphatic carbocycles. The molecule has 0 radical (unpaired) electrons. The Morgan fingerprint density at radius 3 is 2.58 bits per heavy atom. The predicted molar refractivity (Wildman–Crippen MR) is 47.2 cm³/mol. The van der Waals surface area contributed by atoms with Crippen LogP contribution in [0.2, 0.25) is 0 Å². The monoisotopic (exact) mass is 230 g/mol. The average molecular weight is 231 g/mol. The zero-order valence-corrected chi connectivity index (χ0v) is 7.71. The number of benzene rings is 1. The lowest BCUT2D eigenvalue weighted by Gasteiger charge is -2.02. The molecule has 1 rings (SSSR count). The van der Waals surface area contributed by atoms with Gasteiger partial charge in [0.2, 0.25) is 0 Å². The topological polar surface area (TPSA) is 57.5 Å². The van der Waals surface area contributed by atoms with Gasteiger partial charge < -0.3 is 15.0 Å². The molecule has 0 atom stereocenters. The molecule has 0 heterocycles.